The molecule has 0 saturated carbocycles. The molecule has 1 aromatic heterocycles. The number of carbonyl (C=O) groups is 2. The van der Waals surface area contributed by atoms with Gasteiger partial charge in [0.15, 0.2) is 0 Å². The van der Waals surface area contributed by atoms with Crippen LogP contribution in [0.3, 0.4) is 0 Å². The van der Waals surface area contributed by atoms with Gasteiger partial charge in [-0.15, -0.1) is 0 Å². The molecule has 0 saturated heterocycles. The zero-order valence-corrected chi connectivity index (χ0v) is 21.8. The van der Waals surface area contributed by atoms with Crippen LogP contribution in [-0.4, -0.2) is 39.7 Å². The number of hydrogen-bond donors (Lipinski definition) is 2. The van der Waals surface area contributed by atoms with Gasteiger partial charge >= 0.3 is 6.03 Å². The minimum Gasteiger partial charge on any atom is -0.315 e. The Morgan fingerprint density at radius 1 is 0.892 bits per heavy atom. The Morgan fingerprint density at radius 3 is 2.27 bits per heavy atom. The first kappa shape index (κ1) is 26.3. The number of carbonyl (C=O) groups excluding carboxylic acids is 2. The van der Waals surface area contributed by atoms with Gasteiger partial charge in [0.1, 0.15) is 12.4 Å². The fourth-order valence-corrected chi connectivity index (χ4v) is 4.01. The maximum absolute atomic E-state index is 13.2. The van der Waals surface area contributed by atoms with Crippen molar-refractivity contribution in [2.24, 2.45) is 0 Å². The molecular weight excluding hydrogens is 509 g/mol. The third kappa shape index (κ3) is 6.90. The molecule has 0 spiro atoms. The van der Waals surface area contributed by atoms with E-state index < -0.39 is 0 Å². The molecule has 0 fully saturated rings. The number of anilines is 2. The van der Waals surface area contributed by atoms with Crippen molar-refractivity contribution in [3.8, 4) is 16.9 Å². The van der Waals surface area contributed by atoms with Crippen LogP contribution in [-0.2, 0) is 4.79 Å². The van der Waals surface area contributed by atoms with Crippen LogP contribution >= 0.6 is 23.2 Å². The molecule has 4 rings (SSSR count). The lowest BCUT2D eigenvalue weighted by Crippen LogP contribution is -2.41. The number of hydrogen-bond acceptors (Lipinski definition) is 3. The molecule has 0 unspecified atom stereocenters. The summed E-state index contributed by atoms with van der Waals surface area (Å²) in [7, 11) is 0. The third-order valence-corrected chi connectivity index (χ3v) is 6.36. The maximum atomic E-state index is 13.2. The highest BCUT2D eigenvalue weighted by Gasteiger charge is 2.20. The molecule has 3 aromatic carbocycles. The van der Waals surface area contributed by atoms with E-state index in [1.165, 1.54) is 4.90 Å². The Labute approximate surface area is 226 Å². The van der Waals surface area contributed by atoms with Crippen LogP contribution in [0.2, 0.25) is 10.0 Å². The van der Waals surface area contributed by atoms with Crippen LogP contribution < -0.4 is 10.6 Å². The van der Waals surface area contributed by atoms with E-state index >= 15 is 0 Å². The molecule has 7 nitrogen and oxygen atoms in total. The first-order chi connectivity index (χ1) is 17.9. The monoisotopic (exact) mass is 535 g/mol. The zero-order chi connectivity index (χ0) is 26.2. The average molecular weight is 536 g/mol. The topological polar surface area (TPSA) is 79.3 Å². The minimum atomic E-state index is -0.347. The van der Waals surface area contributed by atoms with Gasteiger partial charge in [0.25, 0.3) is 0 Å². The molecular formula is C28H27Cl2N5O2. The van der Waals surface area contributed by atoms with Gasteiger partial charge in [-0.3, -0.25) is 4.79 Å². The second-order valence-corrected chi connectivity index (χ2v) is 9.22. The number of rotatable bonds is 9. The van der Waals surface area contributed by atoms with Crippen molar-refractivity contribution in [3.63, 3.8) is 0 Å². The average Bonchev–Trinajstić information content (AvgIpc) is 3.32. The standard InChI is InChI=1S/C28H27Cl2N5O2/c1-2-3-16-34(28(37)31-21-12-8-5-9-13-21)19-27(36)32-26-18-25(20-10-6-4-7-11-20)33-35(26)22-14-15-23(29)24(30)17-22/h4-15,17-18H,2-3,16,19H2,1H3,(H,31,37)(H,32,36). The summed E-state index contributed by atoms with van der Waals surface area (Å²) in [6.07, 6.45) is 1.66. The molecule has 37 heavy (non-hydrogen) atoms. The Hall–Kier alpha value is -3.81. The van der Waals surface area contributed by atoms with Gasteiger partial charge in [-0.05, 0) is 36.8 Å². The molecule has 1 heterocycles. The molecule has 9 heteroatoms. The summed E-state index contributed by atoms with van der Waals surface area (Å²) in [6.45, 7) is 2.37. The lowest BCUT2D eigenvalue weighted by atomic mass is 10.1. The van der Waals surface area contributed by atoms with Gasteiger partial charge < -0.3 is 15.5 Å². The molecule has 0 radical (unpaired) electrons. The lowest BCUT2D eigenvalue weighted by molar-refractivity contribution is -0.116. The Balaban J connectivity index is 1.58. The molecule has 3 amide bonds. The van der Waals surface area contributed by atoms with Gasteiger partial charge in [-0.2, -0.15) is 5.10 Å². The van der Waals surface area contributed by atoms with Crippen LogP contribution in [0.5, 0.6) is 0 Å². The number of benzene rings is 3. The summed E-state index contributed by atoms with van der Waals surface area (Å²) >= 11 is 12.4. The van der Waals surface area contributed by atoms with E-state index in [1.54, 1.807) is 41.1 Å². The number of amides is 3. The largest absolute Gasteiger partial charge is 0.322 e. The van der Waals surface area contributed by atoms with Crippen molar-refractivity contribution in [1.82, 2.24) is 14.7 Å². The second-order valence-electron chi connectivity index (χ2n) is 8.41. The van der Waals surface area contributed by atoms with Crippen LogP contribution in [0.25, 0.3) is 16.9 Å². The number of halogens is 2. The van der Waals surface area contributed by atoms with Crippen LogP contribution in [0.1, 0.15) is 19.8 Å². The molecule has 190 valence electrons. The van der Waals surface area contributed by atoms with Gasteiger partial charge in [-0.1, -0.05) is 85.1 Å². The fourth-order valence-electron chi connectivity index (χ4n) is 3.71. The van der Waals surface area contributed by atoms with E-state index in [-0.39, 0.29) is 18.5 Å². The van der Waals surface area contributed by atoms with Gasteiger partial charge in [0.05, 0.1) is 21.4 Å². The van der Waals surface area contributed by atoms with E-state index in [4.69, 9.17) is 28.3 Å². The van der Waals surface area contributed by atoms with Crippen LogP contribution in [0.15, 0.2) is 84.9 Å². The Bertz CT molecular complexity index is 1360. The number of aromatic nitrogens is 2. The summed E-state index contributed by atoms with van der Waals surface area (Å²) < 4.78 is 1.60. The number of urea groups is 1. The minimum absolute atomic E-state index is 0.119. The highest BCUT2D eigenvalue weighted by atomic mass is 35.5. The van der Waals surface area contributed by atoms with Crippen molar-refractivity contribution >= 4 is 46.6 Å². The number of nitrogens with zero attached hydrogens (tertiary/aromatic N) is 3. The summed E-state index contributed by atoms with van der Waals surface area (Å²) in [5.41, 5.74) is 2.87. The van der Waals surface area contributed by atoms with Crippen molar-refractivity contribution in [3.05, 3.63) is 95.0 Å². The summed E-state index contributed by atoms with van der Waals surface area (Å²) in [5, 5.41) is 11.3. The first-order valence-electron chi connectivity index (χ1n) is 12.0. The van der Waals surface area contributed by atoms with E-state index in [9.17, 15) is 9.59 Å². The summed E-state index contributed by atoms with van der Waals surface area (Å²) in [5.74, 6) is 0.0984. The molecule has 0 aliphatic rings. The summed E-state index contributed by atoms with van der Waals surface area (Å²) in [4.78, 5) is 27.6. The molecule has 2 N–H and O–H groups in total. The quantitative estimate of drug-likeness (QED) is 0.239. The normalized spacial score (nSPS) is 10.7. The third-order valence-electron chi connectivity index (χ3n) is 5.62. The number of para-hydroxylation sites is 1. The highest BCUT2D eigenvalue weighted by Crippen LogP contribution is 2.29. The maximum Gasteiger partial charge on any atom is 0.322 e. The Morgan fingerprint density at radius 2 is 1.59 bits per heavy atom. The molecule has 0 aliphatic carbocycles. The SMILES string of the molecule is CCCCN(CC(=O)Nc1cc(-c2ccccc2)nn1-c1ccc(Cl)c(Cl)c1)C(=O)Nc1ccccc1. The molecule has 0 aliphatic heterocycles. The number of unbranched alkanes of at least 4 members (excludes halogenated alkanes) is 1. The van der Waals surface area contributed by atoms with Crippen LogP contribution in [0, 0.1) is 0 Å². The van der Waals surface area contributed by atoms with Crippen molar-refractivity contribution in [2.45, 2.75) is 19.8 Å². The van der Waals surface area contributed by atoms with Crippen molar-refractivity contribution < 1.29 is 9.59 Å². The van der Waals surface area contributed by atoms with E-state index in [0.29, 0.717) is 39.5 Å². The number of nitrogens with one attached hydrogen (secondary N) is 2. The van der Waals surface area contributed by atoms with Crippen molar-refractivity contribution in [1.29, 1.82) is 0 Å². The van der Waals surface area contributed by atoms with Gasteiger partial charge in [0, 0.05) is 23.9 Å². The molecule has 4 aromatic rings. The highest BCUT2D eigenvalue weighted by molar-refractivity contribution is 6.42. The smallest absolute Gasteiger partial charge is 0.315 e. The Kier molecular flexibility index (Phi) is 8.82. The fraction of sp³-hybridized carbons (Fsp3) is 0.179. The molecule has 0 atom stereocenters. The van der Waals surface area contributed by atoms with Gasteiger partial charge in [0.2, 0.25) is 5.91 Å². The zero-order valence-electron chi connectivity index (χ0n) is 20.3. The van der Waals surface area contributed by atoms with Gasteiger partial charge in [-0.25, -0.2) is 9.48 Å². The summed E-state index contributed by atoms with van der Waals surface area (Å²) in [6, 6.07) is 25.4. The van der Waals surface area contributed by atoms with E-state index in [2.05, 4.69) is 10.6 Å². The molecule has 0 bridgehead atoms. The van der Waals surface area contributed by atoms with Crippen LogP contribution in [0.4, 0.5) is 16.3 Å². The van der Waals surface area contributed by atoms with E-state index in [1.807, 2.05) is 55.5 Å². The van der Waals surface area contributed by atoms with E-state index in [0.717, 1.165) is 18.4 Å². The second kappa shape index (κ2) is 12.4. The van der Waals surface area contributed by atoms with Crippen molar-refractivity contribution in [2.75, 3.05) is 23.7 Å². The first-order valence-corrected chi connectivity index (χ1v) is 12.7. The predicted molar refractivity (Wildman–Crippen MR) is 150 cm³/mol. The predicted octanol–water partition coefficient (Wildman–Crippen LogP) is 7.12. The lowest BCUT2D eigenvalue weighted by Gasteiger charge is -2.22.